The molecule has 2 aromatic heterocycles. The van der Waals surface area contributed by atoms with Crippen molar-refractivity contribution in [1.82, 2.24) is 19.9 Å². The quantitative estimate of drug-likeness (QED) is 0.700. The fourth-order valence-electron chi connectivity index (χ4n) is 2.46. The van der Waals surface area contributed by atoms with E-state index >= 15 is 0 Å². The lowest BCUT2D eigenvalue weighted by atomic mass is 10.2. The summed E-state index contributed by atoms with van der Waals surface area (Å²) in [6.45, 7) is 4.76. The summed E-state index contributed by atoms with van der Waals surface area (Å²) in [6, 6.07) is 13.5. The first-order valence-electron chi connectivity index (χ1n) is 7.97. The molecule has 1 amide bonds. The highest BCUT2D eigenvalue weighted by atomic mass is 32.2. The predicted octanol–water partition coefficient (Wildman–Crippen LogP) is 3.20. The van der Waals surface area contributed by atoms with Crippen LogP contribution in [0.2, 0.25) is 0 Å². The van der Waals surface area contributed by atoms with Crippen molar-refractivity contribution in [2.45, 2.75) is 30.4 Å². The van der Waals surface area contributed by atoms with E-state index in [0.29, 0.717) is 18.2 Å². The van der Waals surface area contributed by atoms with Crippen molar-refractivity contribution in [3.05, 3.63) is 60.0 Å². The molecule has 6 heteroatoms. The molecule has 0 atom stereocenters. The molecule has 24 heavy (non-hydrogen) atoms. The lowest BCUT2D eigenvalue weighted by molar-refractivity contribution is 0.0951. The van der Waals surface area contributed by atoms with Crippen molar-refractivity contribution in [2.75, 3.05) is 6.54 Å². The van der Waals surface area contributed by atoms with Crippen LogP contribution >= 0.6 is 11.8 Å². The van der Waals surface area contributed by atoms with Crippen LogP contribution in [0.15, 0.2) is 53.6 Å². The third-order valence-electron chi connectivity index (χ3n) is 3.51. The van der Waals surface area contributed by atoms with Crippen LogP contribution in [0.3, 0.4) is 0 Å². The molecule has 0 radical (unpaired) electrons. The first-order valence-corrected chi connectivity index (χ1v) is 8.85. The molecular formula is C18H20N4OS. The van der Waals surface area contributed by atoms with Gasteiger partial charge in [0.15, 0.2) is 5.65 Å². The van der Waals surface area contributed by atoms with E-state index in [2.05, 4.69) is 29.4 Å². The molecule has 3 rings (SSSR count). The molecule has 5 nitrogen and oxygen atoms in total. The number of amides is 1. The Hall–Kier alpha value is -2.34. The fourth-order valence-corrected chi connectivity index (χ4v) is 3.41. The van der Waals surface area contributed by atoms with Crippen molar-refractivity contribution in [2.24, 2.45) is 0 Å². The number of rotatable bonds is 6. The molecule has 0 aliphatic heterocycles. The minimum atomic E-state index is -0.0485. The summed E-state index contributed by atoms with van der Waals surface area (Å²) in [5.41, 5.74) is 1.54. The Balaban J connectivity index is 1.64. The van der Waals surface area contributed by atoms with E-state index in [9.17, 15) is 4.79 Å². The molecule has 0 unspecified atom stereocenters. The number of nitrogens with one attached hydrogen (secondary N) is 1. The van der Waals surface area contributed by atoms with Gasteiger partial charge in [0.05, 0.1) is 5.56 Å². The molecule has 0 spiro atoms. The zero-order valence-corrected chi connectivity index (χ0v) is 14.6. The number of nitrogens with zero attached hydrogens (tertiary/aromatic N) is 3. The number of hydrogen-bond acceptors (Lipinski definition) is 4. The van der Waals surface area contributed by atoms with Crippen LogP contribution in [-0.4, -0.2) is 32.3 Å². The predicted molar refractivity (Wildman–Crippen MR) is 96.5 cm³/mol. The van der Waals surface area contributed by atoms with Crippen LogP contribution in [-0.2, 0) is 6.42 Å². The second-order valence-corrected chi connectivity index (χ2v) is 7.33. The smallest absolute Gasteiger partial charge is 0.252 e. The SMILES string of the molecule is CC(C)Sc1ccccc1C(=O)NCCc1nnc2ccccn12. The minimum Gasteiger partial charge on any atom is -0.352 e. The van der Waals surface area contributed by atoms with E-state index in [1.807, 2.05) is 53.1 Å². The third-order valence-corrected chi connectivity index (χ3v) is 4.59. The Morgan fingerprint density at radius 1 is 1.17 bits per heavy atom. The molecule has 1 aromatic carbocycles. The van der Waals surface area contributed by atoms with Crippen LogP contribution in [0.5, 0.6) is 0 Å². The zero-order chi connectivity index (χ0) is 16.9. The van der Waals surface area contributed by atoms with Gasteiger partial charge in [0.25, 0.3) is 5.91 Å². The molecule has 0 aliphatic carbocycles. The number of carbonyl (C=O) groups is 1. The van der Waals surface area contributed by atoms with E-state index in [1.165, 1.54) is 0 Å². The molecule has 0 saturated heterocycles. The number of aromatic nitrogens is 3. The van der Waals surface area contributed by atoms with Gasteiger partial charge in [-0.3, -0.25) is 9.20 Å². The number of fused-ring (bicyclic) bond motifs is 1. The second kappa shape index (κ2) is 7.49. The Morgan fingerprint density at radius 3 is 2.79 bits per heavy atom. The van der Waals surface area contributed by atoms with Gasteiger partial charge in [0, 0.05) is 29.3 Å². The molecule has 2 heterocycles. The van der Waals surface area contributed by atoms with Gasteiger partial charge in [-0.05, 0) is 24.3 Å². The Labute approximate surface area is 145 Å². The van der Waals surface area contributed by atoms with E-state index < -0.39 is 0 Å². The average Bonchev–Trinajstić information content (AvgIpc) is 2.98. The maximum atomic E-state index is 12.5. The maximum Gasteiger partial charge on any atom is 0.252 e. The highest BCUT2D eigenvalue weighted by molar-refractivity contribution is 8.00. The largest absolute Gasteiger partial charge is 0.352 e. The van der Waals surface area contributed by atoms with Crippen molar-refractivity contribution >= 4 is 23.3 Å². The topological polar surface area (TPSA) is 59.3 Å². The van der Waals surface area contributed by atoms with Gasteiger partial charge in [-0.15, -0.1) is 22.0 Å². The van der Waals surface area contributed by atoms with Gasteiger partial charge in [0.1, 0.15) is 5.82 Å². The average molecular weight is 340 g/mol. The van der Waals surface area contributed by atoms with Crippen molar-refractivity contribution in [1.29, 1.82) is 0 Å². The number of carbonyl (C=O) groups excluding carboxylic acids is 1. The number of hydrogen-bond donors (Lipinski definition) is 1. The number of thioether (sulfide) groups is 1. The molecule has 124 valence electrons. The molecule has 0 bridgehead atoms. The van der Waals surface area contributed by atoms with Crippen LogP contribution in [0.4, 0.5) is 0 Å². The van der Waals surface area contributed by atoms with Gasteiger partial charge in [0.2, 0.25) is 0 Å². The Morgan fingerprint density at radius 2 is 1.96 bits per heavy atom. The van der Waals surface area contributed by atoms with E-state index in [-0.39, 0.29) is 5.91 Å². The molecule has 1 N–H and O–H groups in total. The summed E-state index contributed by atoms with van der Waals surface area (Å²) >= 11 is 1.70. The summed E-state index contributed by atoms with van der Waals surface area (Å²) in [6.07, 6.45) is 2.57. The maximum absolute atomic E-state index is 12.5. The van der Waals surface area contributed by atoms with Gasteiger partial charge in [-0.1, -0.05) is 32.0 Å². The molecule has 0 saturated carbocycles. The lowest BCUT2D eigenvalue weighted by Crippen LogP contribution is -2.26. The molecule has 0 fully saturated rings. The molecule has 3 aromatic rings. The van der Waals surface area contributed by atoms with Gasteiger partial charge in [-0.25, -0.2) is 0 Å². The number of pyridine rings is 1. The van der Waals surface area contributed by atoms with Crippen molar-refractivity contribution in [3.8, 4) is 0 Å². The zero-order valence-electron chi connectivity index (χ0n) is 13.8. The third kappa shape index (κ3) is 3.76. The van der Waals surface area contributed by atoms with Crippen LogP contribution < -0.4 is 5.32 Å². The highest BCUT2D eigenvalue weighted by Crippen LogP contribution is 2.26. The van der Waals surface area contributed by atoms with Gasteiger partial charge >= 0.3 is 0 Å². The van der Waals surface area contributed by atoms with Crippen LogP contribution in [0, 0.1) is 0 Å². The lowest BCUT2D eigenvalue weighted by Gasteiger charge is -2.11. The molecule has 0 aliphatic rings. The fraction of sp³-hybridized carbons (Fsp3) is 0.278. The van der Waals surface area contributed by atoms with Gasteiger partial charge < -0.3 is 5.32 Å². The Bertz CT molecular complexity index is 844. The summed E-state index contributed by atoms with van der Waals surface area (Å²) in [5, 5.41) is 11.7. The van der Waals surface area contributed by atoms with Crippen molar-refractivity contribution in [3.63, 3.8) is 0 Å². The van der Waals surface area contributed by atoms with E-state index in [0.717, 1.165) is 21.9 Å². The van der Waals surface area contributed by atoms with Crippen LogP contribution in [0.1, 0.15) is 30.0 Å². The minimum absolute atomic E-state index is 0.0485. The van der Waals surface area contributed by atoms with Crippen LogP contribution in [0.25, 0.3) is 5.65 Å². The first-order chi connectivity index (χ1) is 11.6. The normalized spacial score (nSPS) is 11.1. The summed E-state index contributed by atoms with van der Waals surface area (Å²) in [5.74, 6) is 0.795. The van der Waals surface area contributed by atoms with Gasteiger partial charge in [-0.2, -0.15) is 0 Å². The first kappa shape index (κ1) is 16.5. The monoisotopic (exact) mass is 340 g/mol. The van der Waals surface area contributed by atoms with Crippen molar-refractivity contribution < 1.29 is 4.79 Å². The van der Waals surface area contributed by atoms with E-state index in [4.69, 9.17) is 0 Å². The summed E-state index contributed by atoms with van der Waals surface area (Å²) in [4.78, 5) is 13.5. The second-order valence-electron chi connectivity index (χ2n) is 5.71. The molecular weight excluding hydrogens is 320 g/mol. The number of benzene rings is 1. The Kier molecular flexibility index (Phi) is 5.15. The summed E-state index contributed by atoms with van der Waals surface area (Å²) in [7, 11) is 0. The van der Waals surface area contributed by atoms with E-state index in [1.54, 1.807) is 11.8 Å². The standard InChI is InChI=1S/C18H20N4OS/c1-13(2)24-15-8-4-3-7-14(15)18(23)19-11-10-17-21-20-16-9-5-6-12-22(16)17/h3-9,12-13H,10-11H2,1-2H3,(H,19,23). The highest BCUT2D eigenvalue weighted by Gasteiger charge is 2.12. The summed E-state index contributed by atoms with van der Waals surface area (Å²) < 4.78 is 1.94.